The van der Waals surface area contributed by atoms with Gasteiger partial charge in [-0.05, 0) is 0 Å². The second-order valence-electron chi connectivity index (χ2n) is 5.59. The van der Waals surface area contributed by atoms with Crippen LogP contribution in [0.5, 0.6) is 34.5 Å². The summed E-state index contributed by atoms with van der Waals surface area (Å²) in [6, 6.07) is 0. The second kappa shape index (κ2) is 5.32. The molecule has 0 saturated heterocycles. The Morgan fingerprint density at radius 2 is 1.11 bits per heavy atom. The Morgan fingerprint density at radius 1 is 0.593 bits per heavy atom. The van der Waals surface area contributed by atoms with Crippen LogP contribution in [0.4, 0.5) is 22.7 Å². The zero-order chi connectivity index (χ0) is 20.4. The Labute approximate surface area is 148 Å². The van der Waals surface area contributed by atoms with E-state index in [9.17, 15) is 35.4 Å². The molecule has 0 fully saturated rings. The third-order valence-electron chi connectivity index (χ3n) is 4.06. The molecule has 0 aliphatic rings. The van der Waals surface area contributed by atoms with Crippen molar-refractivity contribution < 1.29 is 35.1 Å². The average Bonchev–Trinajstić information content (AvgIpc) is 2.64. The van der Waals surface area contributed by atoms with Gasteiger partial charge in [0, 0.05) is 0 Å². The van der Waals surface area contributed by atoms with E-state index in [0.717, 1.165) is 0 Å². The molecule has 0 radical (unpaired) electrons. The summed E-state index contributed by atoms with van der Waals surface area (Å²) < 4.78 is 5.30. The summed E-state index contributed by atoms with van der Waals surface area (Å²) in [4.78, 5) is 12.5. The van der Waals surface area contributed by atoms with Gasteiger partial charge < -0.3 is 58.0 Å². The van der Waals surface area contributed by atoms with Crippen LogP contribution in [0.1, 0.15) is 0 Å². The first-order valence-electron chi connectivity index (χ1n) is 7.11. The minimum atomic E-state index is -1.21. The fourth-order valence-electron chi connectivity index (χ4n) is 2.59. The highest BCUT2D eigenvalue weighted by Crippen LogP contribution is 2.53. The van der Waals surface area contributed by atoms with Crippen LogP contribution in [-0.4, -0.2) is 30.6 Å². The fraction of sp³-hybridized carbons (Fsp3) is 0. The van der Waals surface area contributed by atoms with Crippen LogP contribution in [0.15, 0.2) is 9.21 Å². The molecule has 0 aliphatic heterocycles. The van der Waals surface area contributed by atoms with Gasteiger partial charge in [0.2, 0.25) is 16.9 Å². The van der Waals surface area contributed by atoms with E-state index in [4.69, 9.17) is 27.4 Å². The van der Waals surface area contributed by atoms with Crippen LogP contribution in [0.25, 0.3) is 22.3 Å². The maximum atomic E-state index is 12.5. The monoisotopic (exact) mass is 378 g/mol. The van der Waals surface area contributed by atoms with Crippen molar-refractivity contribution in [2.45, 2.75) is 0 Å². The predicted molar refractivity (Wildman–Crippen MR) is 95.6 cm³/mol. The van der Waals surface area contributed by atoms with Crippen LogP contribution in [-0.2, 0) is 0 Å². The molecule has 2 aromatic carbocycles. The summed E-state index contributed by atoms with van der Waals surface area (Å²) in [5.74, 6) is -6.54. The van der Waals surface area contributed by atoms with Gasteiger partial charge in [0.25, 0.3) is 0 Å². The Kier molecular flexibility index (Phi) is 3.44. The lowest BCUT2D eigenvalue weighted by Crippen LogP contribution is -2.08. The number of hydrogen-bond donors (Lipinski definition) is 10. The van der Waals surface area contributed by atoms with Crippen molar-refractivity contribution in [3.8, 4) is 45.8 Å². The number of nitrogens with two attached hydrogens (primary N) is 4. The zero-order valence-corrected chi connectivity index (χ0v) is 13.3. The molecule has 1 aromatic heterocycles. The van der Waals surface area contributed by atoms with E-state index in [-0.39, 0.29) is 0 Å². The van der Waals surface area contributed by atoms with Crippen molar-refractivity contribution >= 4 is 33.7 Å². The number of aromatic hydroxyl groups is 6. The van der Waals surface area contributed by atoms with Gasteiger partial charge in [-0.1, -0.05) is 0 Å². The highest BCUT2D eigenvalue weighted by Gasteiger charge is 2.29. The minimum Gasteiger partial charge on any atom is -0.505 e. The van der Waals surface area contributed by atoms with Crippen LogP contribution in [0, 0.1) is 0 Å². The standard InChI is InChI=1S/C15H14N4O8/c16-3-1(4(17)11(24)12(25)10(3)23)15-13(26)8(21)2-7(20)5(18)9(22)6(19)14(2)27-15/h20,22-26H,16-19H2. The molecule has 12 heteroatoms. The molecule has 0 aliphatic carbocycles. The highest BCUT2D eigenvalue weighted by molar-refractivity contribution is 6.04. The van der Waals surface area contributed by atoms with Crippen molar-refractivity contribution in [3.63, 3.8) is 0 Å². The third-order valence-corrected chi connectivity index (χ3v) is 4.06. The third kappa shape index (κ3) is 2.06. The van der Waals surface area contributed by atoms with Crippen LogP contribution >= 0.6 is 0 Å². The minimum absolute atomic E-state index is 0.533. The SMILES string of the molecule is Nc1c(O)c(O)c(O)c(N)c1-c1oc2c(N)c(O)c(N)c(O)c2c(=O)c1O. The van der Waals surface area contributed by atoms with Crippen LogP contribution in [0.2, 0.25) is 0 Å². The average molecular weight is 378 g/mol. The van der Waals surface area contributed by atoms with Gasteiger partial charge in [0.05, 0.1) is 16.9 Å². The van der Waals surface area contributed by atoms with Gasteiger partial charge in [-0.15, -0.1) is 0 Å². The molecule has 14 N–H and O–H groups in total. The van der Waals surface area contributed by atoms with Crippen LogP contribution in [0.3, 0.4) is 0 Å². The first kappa shape index (κ1) is 17.5. The normalized spacial score (nSPS) is 11.1. The van der Waals surface area contributed by atoms with E-state index in [0.29, 0.717) is 0 Å². The van der Waals surface area contributed by atoms with E-state index in [1.165, 1.54) is 0 Å². The summed E-state index contributed by atoms with van der Waals surface area (Å²) in [7, 11) is 0. The summed E-state index contributed by atoms with van der Waals surface area (Å²) in [5.41, 5.74) is 17.7. The zero-order valence-electron chi connectivity index (χ0n) is 13.3. The lowest BCUT2D eigenvalue weighted by molar-refractivity contribution is 0.370. The molecule has 27 heavy (non-hydrogen) atoms. The van der Waals surface area contributed by atoms with E-state index in [1.807, 2.05) is 0 Å². The van der Waals surface area contributed by atoms with Gasteiger partial charge in [0.1, 0.15) is 16.8 Å². The van der Waals surface area contributed by atoms with Crippen molar-refractivity contribution in [2.75, 3.05) is 22.9 Å². The van der Waals surface area contributed by atoms with Gasteiger partial charge in [-0.2, -0.15) is 0 Å². The lowest BCUT2D eigenvalue weighted by atomic mass is 10.0. The first-order valence-corrected chi connectivity index (χ1v) is 7.11. The van der Waals surface area contributed by atoms with Gasteiger partial charge in [0.15, 0.2) is 34.3 Å². The quantitative estimate of drug-likeness (QED) is 0.153. The van der Waals surface area contributed by atoms with E-state index in [2.05, 4.69) is 0 Å². The number of phenols is 5. The predicted octanol–water partition coefficient (Wildman–Crippen LogP) is 0.0224. The molecule has 0 amide bonds. The lowest BCUT2D eigenvalue weighted by Gasteiger charge is -2.16. The second-order valence-corrected chi connectivity index (χ2v) is 5.59. The molecule has 0 unspecified atom stereocenters. The summed E-state index contributed by atoms with van der Waals surface area (Å²) in [6.07, 6.45) is 0. The molecular weight excluding hydrogens is 364 g/mol. The molecule has 3 rings (SSSR count). The maximum Gasteiger partial charge on any atom is 0.238 e. The number of fused-ring (bicyclic) bond motifs is 1. The number of hydrogen-bond acceptors (Lipinski definition) is 12. The summed E-state index contributed by atoms with van der Waals surface area (Å²) >= 11 is 0. The Hall–Kier alpha value is -4.35. The molecule has 0 bridgehead atoms. The number of anilines is 4. The maximum absolute atomic E-state index is 12.5. The van der Waals surface area contributed by atoms with Crippen LogP contribution < -0.4 is 28.4 Å². The smallest absolute Gasteiger partial charge is 0.238 e. The van der Waals surface area contributed by atoms with Gasteiger partial charge >= 0.3 is 0 Å². The van der Waals surface area contributed by atoms with Gasteiger partial charge in [-0.25, -0.2) is 0 Å². The number of rotatable bonds is 1. The fourth-order valence-corrected chi connectivity index (χ4v) is 2.59. The van der Waals surface area contributed by atoms with E-state index >= 15 is 0 Å². The number of nitrogen functional groups attached to an aromatic ring is 4. The molecular formula is C15H14N4O8. The van der Waals surface area contributed by atoms with Gasteiger partial charge in [-0.3, -0.25) is 4.79 Å². The Balaban J connectivity index is 2.57. The summed E-state index contributed by atoms with van der Waals surface area (Å²) in [6.45, 7) is 0. The molecule has 3 aromatic rings. The molecule has 12 nitrogen and oxygen atoms in total. The van der Waals surface area contributed by atoms with Crippen molar-refractivity contribution in [1.82, 2.24) is 0 Å². The van der Waals surface area contributed by atoms with E-state index in [1.54, 1.807) is 0 Å². The largest absolute Gasteiger partial charge is 0.505 e. The Bertz CT molecular complexity index is 1170. The number of benzene rings is 2. The molecule has 1 heterocycles. The molecule has 0 saturated carbocycles. The van der Waals surface area contributed by atoms with Crippen molar-refractivity contribution in [1.29, 1.82) is 0 Å². The topological polar surface area (TPSA) is 256 Å². The molecule has 0 spiro atoms. The van der Waals surface area contributed by atoms with E-state index < -0.39 is 85.0 Å². The molecule has 0 atom stereocenters. The molecule has 142 valence electrons. The van der Waals surface area contributed by atoms with Crippen molar-refractivity contribution in [2.24, 2.45) is 0 Å². The first-order chi connectivity index (χ1) is 12.5. The summed E-state index contributed by atoms with van der Waals surface area (Å²) in [5, 5.41) is 58.6. The Morgan fingerprint density at radius 3 is 1.63 bits per heavy atom. The van der Waals surface area contributed by atoms with Crippen molar-refractivity contribution in [3.05, 3.63) is 10.2 Å². The number of phenolic OH excluding ortho intramolecular Hbond substituents is 5. The highest BCUT2D eigenvalue weighted by atomic mass is 16.4.